The predicted octanol–water partition coefficient (Wildman–Crippen LogP) is 3.55. The molecule has 1 N–H and O–H groups in total. The quantitative estimate of drug-likeness (QED) is 0.822. The smallest absolute Gasteiger partial charge is 0.235 e. The van der Waals surface area contributed by atoms with Gasteiger partial charge in [-0.1, -0.05) is 32.0 Å². The minimum absolute atomic E-state index is 0.249. The van der Waals surface area contributed by atoms with Crippen LogP contribution >= 0.6 is 11.6 Å². The minimum atomic E-state index is 0.249. The summed E-state index contributed by atoms with van der Waals surface area (Å²) in [6.45, 7) is 4.82. The molecule has 102 valence electrons. The third-order valence-electron chi connectivity index (χ3n) is 3.04. The van der Waals surface area contributed by atoms with Crippen LogP contribution in [0.5, 0.6) is 0 Å². The van der Waals surface area contributed by atoms with Crippen molar-refractivity contribution in [2.45, 2.75) is 39.1 Å². The molecular weight excluding hydrogens is 262 g/mol. The number of anilines is 1. The van der Waals surface area contributed by atoms with E-state index in [2.05, 4.69) is 47.6 Å². The zero-order valence-electron chi connectivity index (χ0n) is 11.2. The van der Waals surface area contributed by atoms with Gasteiger partial charge in [-0.05, 0) is 24.0 Å². The Bertz CT molecular complexity index is 517. The first kappa shape index (κ1) is 13.9. The molecule has 0 bridgehead atoms. The van der Waals surface area contributed by atoms with Crippen LogP contribution in [0.1, 0.15) is 36.8 Å². The number of hydrogen-bond acceptors (Lipinski definition) is 4. The molecule has 0 spiro atoms. The van der Waals surface area contributed by atoms with Gasteiger partial charge in [-0.2, -0.15) is 0 Å². The second-order valence-corrected chi connectivity index (χ2v) is 4.50. The van der Waals surface area contributed by atoms with Crippen molar-refractivity contribution in [1.82, 2.24) is 10.2 Å². The summed E-state index contributed by atoms with van der Waals surface area (Å²) >= 11 is 5.64. The largest absolute Gasteiger partial charge is 0.422 e. The van der Waals surface area contributed by atoms with Crippen LogP contribution in [0, 0.1) is 0 Å². The van der Waals surface area contributed by atoms with Gasteiger partial charge < -0.3 is 9.73 Å². The number of nitrogens with one attached hydrogen (secondary N) is 1. The van der Waals surface area contributed by atoms with E-state index in [4.69, 9.17) is 16.0 Å². The first-order valence-electron chi connectivity index (χ1n) is 6.50. The summed E-state index contributed by atoms with van der Waals surface area (Å²) in [5.41, 5.74) is 3.78. The molecule has 0 saturated carbocycles. The molecule has 2 rings (SSSR count). The molecule has 0 aliphatic rings. The Kier molecular flexibility index (Phi) is 4.80. The number of hydrogen-bond donors (Lipinski definition) is 1. The van der Waals surface area contributed by atoms with Crippen molar-refractivity contribution in [3.05, 3.63) is 41.1 Å². The Morgan fingerprint density at radius 3 is 2.26 bits per heavy atom. The fourth-order valence-electron chi connectivity index (χ4n) is 2.05. The summed E-state index contributed by atoms with van der Waals surface area (Å²) in [6, 6.07) is 6.38. The SMILES string of the molecule is CCc1cccc(CC)c1NCc1nnc(CCl)o1. The van der Waals surface area contributed by atoms with Gasteiger partial charge in [0.25, 0.3) is 0 Å². The summed E-state index contributed by atoms with van der Waals surface area (Å²) < 4.78 is 5.38. The van der Waals surface area contributed by atoms with Crippen molar-refractivity contribution >= 4 is 17.3 Å². The topological polar surface area (TPSA) is 51.0 Å². The molecule has 0 aliphatic heterocycles. The highest BCUT2D eigenvalue weighted by atomic mass is 35.5. The van der Waals surface area contributed by atoms with Crippen LogP contribution in [0.3, 0.4) is 0 Å². The van der Waals surface area contributed by atoms with Crippen molar-refractivity contribution in [2.75, 3.05) is 5.32 Å². The second kappa shape index (κ2) is 6.57. The number of aryl methyl sites for hydroxylation is 2. The molecule has 5 heteroatoms. The van der Waals surface area contributed by atoms with Gasteiger partial charge in [0.05, 0.1) is 6.54 Å². The lowest BCUT2D eigenvalue weighted by atomic mass is 10.0. The molecule has 0 saturated heterocycles. The highest BCUT2D eigenvalue weighted by Crippen LogP contribution is 2.23. The minimum Gasteiger partial charge on any atom is -0.422 e. The summed E-state index contributed by atoms with van der Waals surface area (Å²) in [6.07, 6.45) is 1.99. The van der Waals surface area contributed by atoms with E-state index in [9.17, 15) is 0 Å². The van der Waals surface area contributed by atoms with Crippen LogP contribution < -0.4 is 5.32 Å². The average molecular weight is 280 g/mol. The zero-order chi connectivity index (χ0) is 13.7. The number of aromatic nitrogens is 2. The van der Waals surface area contributed by atoms with Crippen molar-refractivity contribution in [3.8, 4) is 0 Å². The fraction of sp³-hybridized carbons (Fsp3) is 0.429. The number of nitrogens with zero attached hydrogens (tertiary/aromatic N) is 2. The van der Waals surface area contributed by atoms with Crippen molar-refractivity contribution < 1.29 is 4.42 Å². The standard InChI is InChI=1S/C14H18ClN3O/c1-3-10-6-5-7-11(4-2)14(10)16-9-13-18-17-12(8-15)19-13/h5-7,16H,3-4,8-9H2,1-2H3. The molecule has 1 aromatic carbocycles. The molecular formula is C14H18ClN3O. The van der Waals surface area contributed by atoms with Crippen LogP contribution in [-0.2, 0) is 25.3 Å². The maximum Gasteiger partial charge on any atom is 0.235 e. The third kappa shape index (κ3) is 3.26. The summed E-state index contributed by atoms with van der Waals surface area (Å²) in [7, 11) is 0. The van der Waals surface area contributed by atoms with E-state index in [-0.39, 0.29) is 5.88 Å². The zero-order valence-corrected chi connectivity index (χ0v) is 12.0. The molecule has 0 atom stereocenters. The van der Waals surface area contributed by atoms with E-state index < -0.39 is 0 Å². The molecule has 2 aromatic rings. The van der Waals surface area contributed by atoms with Gasteiger partial charge in [0.1, 0.15) is 5.88 Å². The van der Waals surface area contributed by atoms with E-state index in [0.29, 0.717) is 18.3 Å². The second-order valence-electron chi connectivity index (χ2n) is 4.24. The molecule has 0 aliphatic carbocycles. The summed E-state index contributed by atoms with van der Waals surface area (Å²) in [4.78, 5) is 0. The summed E-state index contributed by atoms with van der Waals surface area (Å²) in [5, 5.41) is 11.2. The number of halogens is 1. The lowest BCUT2D eigenvalue weighted by Crippen LogP contribution is -2.05. The van der Waals surface area contributed by atoms with Crippen LogP contribution in [0.25, 0.3) is 0 Å². The highest BCUT2D eigenvalue weighted by molar-refractivity contribution is 6.16. The maximum atomic E-state index is 5.64. The van der Waals surface area contributed by atoms with Gasteiger partial charge in [-0.15, -0.1) is 21.8 Å². The monoisotopic (exact) mass is 279 g/mol. The molecule has 0 amide bonds. The van der Waals surface area contributed by atoms with Gasteiger partial charge >= 0.3 is 0 Å². The average Bonchev–Trinajstić information content (AvgIpc) is 2.92. The maximum absolute atomic E-state index is 5.64. The Labute approximate surface area is 118 Å². The number of rotatable bonds is 6. The third-order valence-corrected chi connectivity index (χ3v) is 3.27. The Hall–Kier alpha value is -1.55. The van der Waals surface area contributed by atoms with E-state index in [0.717, 1.165) is 12.8 Å². The molecule has 0 unspecified atom stereocenters. The lowest BCUT2D eigenvalue weighted by Gasteiger charge is -2.14. The van der Waals surface area contributed by atoms with Crippen molar-refractivity contribution in [3.63, 3.8) is 0 Å². The first-order chi connectivity index (χ1) is 9.28. The van der Waals surface area contributed by atoms with Gasteiger partial charge in [0.2, 0.25) is 11.8 Å². The lowest BCUT2D eigenvalue weighted by molar-refractivity contribution is 0.470. The number of para-hydroxylation sites is 1. The Morgan fingerprint density at radius 1 is 1.11 bits per heavy atom. The van der Waals surface area contributed by atoms with Crippen LogP contribution in [0.4, 0.5) is 5.69 Å². The molecule has 0 fully saturated rings. The first-order valence-corrected chi connectivity index (χ1v) is 7.03. The molecule has 0 radical (unpaired) electrons. The number of benzene rings is 1. The van der Waals surface area contributed by atoms with Gasteiger partial charge in [0.15, 0.2) is 0 Å². The molecule has 1 heterocycles. The van der Waals surface area contributed by atoms with E-state index in [1.54, 1.807) is 0 Å². The van der Waals surface area contributed by atoms with Crippen molar-refractivity contribution in [2.24, 2.45) is 0 Å². The highest BCUT2D eigenvalue weighted by Gasteiger charge is 2.08. The Balaban J connectivity index is 2.13. The van der Waals surface area contributed by atoms with Gasteiger partial charge in [0, 0.05) is 5.69 Å². The van der Waals surface area contributed by atoms with E-state index in [1.165, 1.54) is 16.8 Å². The molecule has 19 heavy (non-hydrogen) atoms. The Morgan fingerprint density at radius 2 is 1.74 bits per heavy atom. The van der Waals surface area contributed by atoms with Gasteiger partial charge in [-0.25, -0.2) is 0 Å². The number of alkyl halides is 1. The normalized spacial score (nSPS) is 10.7. The molecule has 4 nitrogen and oxygen atoms in total. The molecule has 1 aromatic heterocycles. The van der Waals surface area contributed by atoms with Crippen LogP contribution in [0.2, 0.25) is 0 Å². The fourth-order valence-corrected chi connectivity index (χ4v) is 2.16. The van der Waals surface area contributed by atoms with E-state index in [1.807, 2.05) is 0 Å². The van der Waals surface area contributed by atoms with Gasteiger partial charge in [-0.3, -0.25) is 0 Å². The van der Waals surface area contributed by atoms with E-state index >= 15 is 0 Å². The van der Waals surface area contributed by atoms with Crippen LogP contribution in [0.15, 0.2) is 22.6 Å². The summed E-state index contributed by atoms with van der Waals surface area (Å²) in [5.74, 6) is 1.26. The predicted molar refractivity (Wildman–Crippen MR) is 76.4 cm³/mol. The van der Waals surface area contributed by atoms with Crippen LogP contribution in [-0.4, -0.2) is 10.2 Å². The van der Waals surface area contributed by atoms with Crippen molar-refractivity contribution in [1.29, 1.82) is 0 Å².